The first-order valence-electron chi connectivity index (χ1n) is 5.13. The average Bonchev–Trinajstić information content (AvgIpc) is 2.28. The van der Waals surface area contributed by atoms with Crippen LogP contribution in [-0.4, -0.2) is 23.0 Å². The molecule has 0 unspecified atom stereocenters. The molecular weight excluding hydrogens is 192 g/mol. The fraction of sp³-hybridized carbons (Fsp3) is 0.545. The smallest absolute Gasteiger partial charge is 0.305 e. The van der Waals surface area contributed by atoms with Crippen molar-refractivity contribution in [3.05, 3.63) is 23.8 Å². The molecule has 0 saturated heterocycles. The van der Waals surface area contributed by atoms with Crippen molar-refractivity contribution >= 4 is 5.97 Å². The van der Waals surface area contributed by atoms with Crippen LogP contribution in [0.1, 0.15) is 31.2 Å². The van der Waals surface area contributed by atoms with Crippen molar-refractivity contribution in [1.29, 1.82) is 0 Å². The van der Waals surface area contributed by atoms with E-state index in [0.29, 0.717) is 18.7 Å². The van der Waals surface area contributed by atoms with E-state index in [1.54, 1.807) is 0 Å². The van der Waals surface area contributed by atoms with Gasteiger partial charge in [0.2, 0.25) is 0 Å². The number of carbonyl (C=O) groups excluding carboxylic acids is 1. The molecule has 1 rings (SSSR count). The van der Waals surface area contributed by atoms with Gasteiger partial charge in [0, 0.05) is 18.8 Å². The van der Waals surface area contributed by atoms with Crippen molar-refractivity contribution in [1.82, 2.24) is 9.97 Å². The maximum absolute atomic E-state index is 10.9. The zero-order valence-corrected chi connectivity index (χ0v) is 9.19. The molecule has 0 aliphatic heterocycles. The van der Waals surface area contributed by atoms with Crippen molar-refractivity contribution in [3.63, 3.8) is 0 Å². The maximum Gasteiger partial charge on any atom is 0.305 e. The fourth-order valence-corrected chi connectivity index (χ4v) is 1.24. The van der Waals surface area contributed by atoms with E-state index in [1.807, 2.05) is 12.4 Å². The van der Waals surface area contributed by atoms with E-state index in [-0.39, 0.29) is 5.97 Å². The first-order chi connectivity index (χ1) is 7.26. The minimum absolute atomic E-state index is 0.226. The lowest BCUT2D eigenvalue weighted by atomic mass is 10.2. The van der Waals surface area contributed by atoms with Crippen LogP contribution in [-0.2, 0) is 22.4 Å². The predicted molar refractivity (Wildman–Crippen MR) is 56.4 cm³/mol. The van der Waals surface area contributed by atoms with E-state index in [1.165, 1.54) is 7.11 Å². The van der Waals surface area contributed by atoms with Gasteiger partial charge < -0.3 is 4.74 Å². The first-order valence-corrected chi connectivity index (χ1v) is 5.13. The molecule has 1 aromatic rings. The third-order valence-corrected chi connectivity index (χ3v) is 2.08. The van der Waals surface area contributed by atoms with Crippen LogP contribution in [0.4, 0.5) is 0 Å². The zero-order chi connectivity index (χ0) is 11.1. The summed E-state index contributed by atoms with van der Waals surface area (Å²) in [5.74, 6) is 0.469. The summed E-state index contributed by atoms with van der Waals surface area (Å²) in [5, 5.41) is 0. The predicted octanol–water partition coefficient (Wildman–Crippen LogP) is 1.53. The second-order valence-corrected chi connectivity index (χ2v) is 3.33. The molecule has 0 aliphatic rings. The normalized spacial score (nSPS) is 10.0. The second kappa shape index (κ2) is 6.11. The van der Waals surface area contributed by atoms with Gasteiger partial charge >= 0.3 is 5.97 Å². The number of carbonyl (C=O) groups is 1. The molecule has 0 spiro atoms. The summed E-state index contributed by atoms with van der Waals surface area (Å²) in [4.78, 5) is 19.2. The molecule has 0 radical (unpaired) electrons. The van der Waals surface area contributed by atoms with Crippen LogP contribution < -0.4 is 0 Å². The summed E-state index contributed by atoms with van der Waals surface area (Å²) < 4.78 is 4.54. The highest BCUT2D eigenvalue weighted by Crippen LogP contribution is 2.02. The lowest BCUT2D eigenvalue weighted by molar-refractivity contribution is -0.140. The summed E-state index contributed by atoms with van der Waals surface area (Å²) >= 11 is 0. The molecule has 15 heavy (non-hydrogen) atoms. The van der Waals surface area contributed by atoms with Crippen molar-refractivity contribution < 1.29 is 9.53 Å². The highest BCUT2D eigenvalue weighted by Gasteiger charge is 2.03. The molecule has 0 atom stereocenters. The average molecular weight is 208 g/mol. The molecular formula is C11H16N2O2. The molecule has 0 bridgehead atoms. The maximum atomic E-state index is 10.9. The van der Waals surface area contributed by atoms with Gasteiger partial charge in [-0.3, -0.25) is 4.79 Å². The van der Waals surface area contributed by atoms with Crippen LogP contribution >= 0.6 is 0 Å². The van der Waals surface area contributed by atoms with E-state index in [2.05, 4.69) is 21.6 Å². The van der Waals surface area contributed by atoms with Gasteiger partial charge in [0.25, 0.3) is 0 Å². The van der Waals surface area contributed by atoms with Gasteiger partial charge in [-0.05, 0) is 12.0 Å². The quantitative estimate of drug-likeness (QED) is 0.689. The number of methoxy groups -OCH3 is 1. The zero-order valence-electron chi connectivity index (χ0n) is 9.19. The lowest BCUT2D eigenvalue weighted by Crippen LogP contribution is -2.04. The number of aryl methyl sites for hydroxylation is 2. The molecule has 0 fully saturated rings. The summed E-state index contributed by atoms with van der Waals surface area (Å²) in [6.07, 6.45) is 6.61. The molecule has 1 aromatic heterocycles. The summed E-state index contributed by atoms with van der Waals surface area (Å²) in [6, 6.07) is 0. The van der Waals surface area contributed by atoms with Gasteiger partial charge in [0.15, 0.2) is 0 Å². The van der Waals surface area contributed by atoms with Gasteiger partial charge in [0.1, 0.15) is 5.82 Å². The van der Waals surface area contributed by atoms with Gasteiger partial charge in [-0.1, -0.05) is 13.3 Å². The Bertz CT molecular complexity index is 309. The number of esters is 1. The Hall–Kier alpha value is -1.45. The Kier molecular flexibility index (Phi) is 4.74. The fourth-order valence-electron chi connectivity index (χ4n) is 1.24. The van der Waals surface area contributed by atoms with Crippen LogP contribution in [0.2, 0.25) is 0 Å². The molecule has 0 N–H and O–H groups in total. The summed E-state index contributed by atoms with van der Waals surface area (Å²) in [7, 11) is 1.38. The Balaban J connectivity index is 2.45. The van der Waals surface area contributed by atoms with Crippen LogP contribution in [0, 0.1) is 0 Å². The minimum Gasteiger partial charge on any atom is -0.469 e. The van der Waals surface area contributed by atoms with Crippen LogP contribution in [0.25, 0.3) is 0 Å². The number of nitrogens with zero attached hydrogens (tertiary/aromatic N) is 2. The van der Waals surface area contributed by atoms with Gasteiger partial charge in [-0.25, -0.2) is 9.97 Å². The monoisotopic (exact) mass is 208 g/mol. The molecule has 4 heteroatoms. The topological polar surface area (TPSA) is 52.1 Å². The van der Waals surface area contributed by atoms with E-state index in [0.717, 1.165) is 18.4 Å². The number of hydrogen-bond acceptors (Lipinski definition) is 4. The summed E-state index contributed by atoms with van der Waals surface area (Å²) in [6.45, 7) is 2.12. The molecule has 1 heterocycles. The number of ether oxygens (including phenoxy) is 1. The highest BCUT2D eigenvalue weighted by molar-refractivity contribution is 5.69. The van der Waals surface area contributed by atoms with E-state index in [9.17, 15) is 4.79 Å². The summed E-state index contributed by atoms with van der Waals surface area (Å²) in [5.41, 5.74) is 1.14. The Morgan fingerprint density at radius 3 is 2.53 bits per heavy atom. The van der Waals surface area contributed by atoms with Crippen molar-refractivity contribution in [2.45, 2.75) is 32.6 Å². The van der Waals surface area contributed by atoms with Crippen molar-refractivity contribution in [2.75, 3.05) is 7.11 Å². The number of rotatable bonds is 5. The number of hydrogen-bond donors (Lipinski definition) is 0. The largest absolute Gasteiger partial charge is 0.469 e. The third kappa shape index (κ3) is 4.06. The molecule has 0 saturated carbocycles. The lowest BCUT2D eigenvalue weighted by Gasteiger charge is -2.00. The molecule has 0 aliphatic carbocycles. The Morgan fingerprint density at radius 2 is 2.00 bits per heavy atom. The van der Waals surface area contributed by atoms with Gasteiger partial charge in [-0.2, -0.15) is 0 Å². The minimum atomic E-state index is -0.226. The van der Waals surface area contributed by atoms with Gasteiger partial charge in [-0.15, -0.1) is 0 Å². The second-order valence-electron chi connectivity index (χ2n) is 3.33. The van der Waals surface area contributed by atoms with Crippen LogP contribution in [0.5, 0.6) is 0 Å². The van der Waals surface area contributed by atoms with Crippen molar-refractivity contribution in [3.8, 4) is 0 Å². The SMILES string of the molecule is CCCc1cnc(CCC(=O)OC)nc1. The van der Waals surface area contributed by atoms with E-state index >= 15 is 0 Å². The molecule has 0 amide bonds. The molecule has 0 aromatic carbocycles. The van der Waals surface area contributed by atoms with Gasteiger partial charge in [0.05, 0.1) is 13.5 Å². The standard InChI is InChI=1S/C11H16N2O2/c1-3-4-9-7-12-10(13-8-9)5-6-11(14)15-2/h7-8H,3-6H2,1-2H3. The van der Waals surface area contributed by atoms with Crippen LogP contribution in [0.15, 0.2) is 12.4 Å². The van der Waals surface area contributed by atoms with E-state index < -0.39 is 0 Å². The molecule has 82 valence electrons. The third-order valence-electron chi connectivity index (χ3n) is 2.08. The first kappa shape index (κ1) is 11.6. The Morgan fingerprint density at radius 1 is 1.33 bits per heavy atom. The van der Waals surface area contributed by atoms with Crippen LogP contribution in [0.3, 0.4) is 0 Å². The van der Waals surface area contributed by atoms with Crippen molar-refractivity contribution in [2.24, 2.45) is 0 Å². The Labute approximate surface area is 89.7 Å². The number of aromatic nitrogens is 2. The highest BCUT2D eigenvalue weighted by atomic mass is 16.5. The molecule has 4 nitrogen and oxygen atoms in total. The van der Waals surface area contributed by atoms with E-state index in [4.69, 9.17) is 0 Å².